The highest BCUT2D eigenvalue weighted by Gasteiger charge is 2.23. The lowest BCUT2D eigenvalue weighted by atomic mass is 10.4. The van der Waals surface area contributed by atoms with Crippen LogP contribution in [0.5, 0.6) is 0 Å². The van der Waals surface area contributed by atoms with Crippen molar-refractivity contribution in [1.29, 1.82) is 0 Å². The molecule has 2 heterocycles. The van der Waals surface area contributed by atoms with Gasteiger partial charge in [-0.05, 0) is 29.0 Å². The molecule has 0 amide bonds. The van der Waals surface area contributed by atoms with Gasteiger partial charge >= 0.3 is 0 Å². The molecule has 9 heteroatoms. The smallest absolute Gasteiger partial charge is 0.268 e. The van der Waals surface area contributed by atoms with Gasteiger partial charge in [-0.25, -0.2) is 23.1 Å². The zero-order valence-corrected chi connectivity index (χ0v) is 12.3. The maximum atomic E-state index is 12.1. The molecular weight excluding hydrogens is 336 g/mol. The minimum absolute atomic E-state index is 0.00482. The van der Waals surface area contributed by atoms with E-state index in [1.165, 1.54) is 18.5 Å². The monoisotopic (exact) mass is 346 g/mol. The summed E-state index contributed by atoms with van der Waals surface area (Å²) in [4.78, 5) is 7.61. The fourth-order valence-corrected chi connectivity index (χ4v) is 3.33. The first-order chi connectivity index (χ1) is 9.03. The second-order valence-electron chi connectivity index (χ2n) is 3.56. The van der Waals surface area contributed by atoms with Gasteiger partial charge in [0.25, 0.3) is 10.0 Å². The fraction of sp³-hybridized carbons (Fsp3) is 0.200. The zero-order chi connectivity index (χ0) is 13.9. The highest BCUT2D eigenvalue weighted by atomic mass is 79.9. The molecule has 0 aliphatic rings. The molecule has 19 heavy (non-hydrogen) atoms. The van der Waals surface area contributed by atoms with E-state index in [-0.39, 0.29) is 15.5 Å². The van der Waals surface area contributed by atoms with Crippen LogP contribution >= 0.6 is 15.9 Å². The van der Waals surface area contributed by atoms with Crippen LogP contribution in [-0.2, 0) is 16.6 Å². The molecule has 2 aromatic rings. The molecule has 0 saturated carbocycles. The lowest BCUT2D eigenvalue weighted by molar-refractivity contribution is 0.470. The van der Waals surface area contributed by atoms with E-state index < -0.39 is 10.0 Å². The molecule has 2 N–H and O–H groups in total. The molecule has 2 aromatic heterocycles. The molecule has 102 valence electrons. The molecule has 0 unspecified atom stereocenters. The first kappa shape index (κ1) is 14.0. The Balaban J connectivity index is 2.29. The van der Waals surface area contributed by atoms with Crippen LogP contribution in [-0.4, -0.2) is 25.4 Å². The lowest BCUT2D eigenvalue weighted by Gasteiger charge is -2.03. The molecule has 7 nitrogen and oxygen atoms in total. The number of hydrogen-bond donors (Lipinski definition) is 2. The maximum Gasteiger partial charge on any atom is 0.268 e. The first-order valence-corrected chi connectivity index (χ1v) is 7.53. The molecule has 0 aliphatic carbocycles. The van der Waals surface area contributed by atoms with Gasteiger partial charge in [-0.1, -0.05) is 0 Å². The number of anilines is 1. The van der Waals surface area contributed by atoms with E-state index in [4.69, 9.17) is 4.42 Å². The van der Waals surface area contributed by atoms with Crippen molar-refractivity contribution < 1.29 is 12.8 Å². The summed E-state index contributed by atoms with van der Waals surface area (Å²) in [6.45, 7) is 0.427. The van der Waals surface area contributed by atoms with Crippen molar-refractivity contribution in [3.05, 3.63) is 35.0 Å². The third kappa shape index (κ3) is 3.31. The summed E-state index contributed by atoms with van der Waals surface area (Å²) >= 11 is 3.08. The average molecular weight is 347 g/mol. The Bertz CT molecular complexity index is 657. The van der Waals surface area contributed by atoms with Crippen LogP contribution in [0.15, 0.2) is 38.5 Å². The van der Waals surface area contributed by atoms with Crippen LogP contribution in [0, 0.1) is 0 Å². The Morgan fingerprint density at radius 1 is 1.37 bits per heavy atom. The molecule has 0 atom stereocenters. The second kappa shape index (κ2) is 5.68. The average Bonchev–Trinajstić information content (AvgIpc) is 2.72. The minimum atomic E-state index is -3.78. The summed E-state index contributed by atoms with van der Waals surface area (Å²) < 4.78 is 32.0. The third-order valence-corrected chi connectivity index (χ3v) is 4.32. The van der Waals surface area contributed by atoms with Crippen LogP contribution in [0.4, 0.5) is 5.95 Å². The van der Waals surface area contributed by atoms with Gasteiger partial charge in [-0.3, -0.25) is 0 Å². The van der Waals surface area contributed by atoms with E-state index in [1.807, 2.05) is 0 Å². The topological polar surface area (TPSA) is 97.1 Å². The van der Waals surface area contributed by atoms with E-state index in [1.54, 1.807) is 13.1 Å². The Labute approximate surface area is 118 Å². The molecule has 0 saturated heterocycles. The van der Waals surface area contributed by atoms with Crippen molar-refractivity contribution in [2.75, 3.05) is 11.8 Å². The number of halogens is 1. The van der Waals surface area contributed by atoms with Crippen LogP contribution in [0.3, 0.4) is 0 Å². The van der Waals surface area contributed by atoms with Crippen molar-refractivity contribution in [1.82, 2.24) is 15.3 Å². The number of sulfonamides is 1. The summed E-state index contributed by atoms with van der Waals surface area (Å²) in [6, 6.07) is 3.03. The number of furan rings is 1. The van der Waals surface area contributed by atoms with Crippen LogP contribution < -0.4 is 10.0 Å². The van der Waals surface area contributed by atoms with Crippen molar-refractivity contribution in [2.45, 2.75) is 11.4 Å². The Hall–Kier alpha value is -1.45. The molecule has 0 spiro atoms. The quantitative estimate of drug-likeness (QED) is 0.848. The highest BCUT2D eigenvalue weighted by Crippen LogP contribution is 2.27. The van der Waals surface area contributed by atoms with Gasteiger partial charge in [0, 0.05) is 18.5 Å². The van der Waals surface area contributed by atoms with E-state index in [2.05, 4.69) is 35.9 Å². The van der Waals surface area contributed by atoms with Crippen molar-refractivity contribution in [3.63, 3.8) is 0 Å². The number of rotatable bonds is 5. The first-order valence-electron chi connectivity index (χ1n) is 5.25. The molecule has 0 bridgehead atoms. The van der Waals surface area contributed by atoms with Gasteiger partial charge in [0.05, 0.1) is 6.54 Å². The Morgan fingerprint density at radius 2 is 2.05 bits per heavy atom. The molecule has 0 fully saturated rings. The lowest BCUT2D eigenvalue weighted by Crippen LogP contribution is -2.14. The standard InChI is InChI=1S/C10H11BrN4O3S/c1-12-6-7-5-8(9(11)18-7)19(16,17)15-10-13-3-2-4-14-10/h2-5,12H,6H2,1H3,(H,13,14,15). The Kier molecular flexibility index (Phi) is 4.17. The number of nitrogens with one attached hydrogen (secondary N) is 2. The highest BCUT2D eigenvalue weighted by molar-refractivity contribution is 9.10. The van der Waals surface area contributed by atoms with E-state index in [0.717, 1.165) is 0 Å². The summed E-state index contributed by atoms with van der Waals surface area (Å²) in [5.74, 6) is 0.509. The fourth-order valence-electron chi connectivity index (χ4n) is 1.37. The maximum absolute atomic E-state index is 12.1. The van der Waals surface area contributed by atoms with Crippen molar-refractivity contribution in [2.24, 2.45) is 0 Å². The minimum Gasteiger partial charge on any atom is -0.451 e. The van der Waals surface area contributed by atoms with E-state index in [0.29, 0.717) is 12.3 Å². The van der Waals surface area contributed by atoms with Gasteiger partial charge in [0.15, 0.2) is 4.67 Å². The van der Waals surface area contributed by atoms with Gasteiger partial charge in [-0.2, -0.15) is 0 Å². The molecule has 2 rings (SSSR count). The predicted octanol–water partition coefficient (Wildman–Crippen LogP) is 1.35. The summed E-state index contributed by atoms with van der Waals surface area (Å²) in [7, 11) is -2.05. The van der Waals surface area contributed by atoms with Gasteiger partial charge in [-0.15, -0.1) is 0 Å². The zero-order valence-electron chi connectivity index (χ0n) is 9.92. The van der Waals surface area contributed by atoms with E-state index in [9.17, 15) is 8.42 Å². The third-order valence-electron chi connectivity index (χ3n) is 2.14. The number of nitrogens with zero attached hydrogens (tertiary/aromatic N) is 2. The molecule has 0 aromatic carbocycles. The van der Waals surface area contributed by atoms with Crippen LogP contribution in [0.2, 0.25) is 0 Å². The van der Waals surface area contributed by atoms with Gasteiger partial charge in [0.1, 0.15) is 10.7 Å². The normalized spacial score (nSPS) is 11.5. The van der Waals surface area contributed by atoms with Crippen molar-refractivity contribution in [3.8, 4) is 0 Å². The van der Waals surface area contributed by atoms with Gasteiger partial charge in [0.2, 0.25) is 5.95 Å². The second-order valence-corrected chi connectivity index (χ2v) is 5.93. The summed E-state index contributed by atoms with van der Waals surface area (Å²) in [5, 5.41) is 2.87. The Morgan fingerprint density at radius 3 is 2.68 bits per heavy atom. The predicted molar refractivity (Wildman–Crippen MR) is 72.0 cm³/mol. The van der Waals surface area contributed by atoms with Crippen LogP contribution in [0.1, 0.15) is 5.76 Å². The van der Waals surface area contributed by atoms with Gasteiger partial charge < -0.3 is 9.73 Å². The summed E-state index contributed by atoms with van der Waals surface area (Å²) in [5.41, 5.74) is 0. The molecule has 0 aliphatic heterocycles. The largest absolute Gasteiger partial charge is 0.451 e. The van der Waals surface area contributed by atoms with Crippen molar-refractivity contribution >= 4 is 31.9 Å². The number of hydrogen-bond acceptors (Lipinski definition) is 6. The number of aromatic nitrogens is 2. The molecule has 0 radical (unpaired) electrons. The molecular formula is C10H11BrN4O3S. The van der Waals surface area contributed by atoms with E-state index >= 15 is 0 Å². The summed E-state index contributed by atoms with van der Waals surface area (Å²) in [6.07, 6.45) is 2.89. The SMILES string of the molecule is CNCc1cc(S(=O)(=O)Nc2ncccn2)c(Br)o1. The van der Waals surface area contributed by atoms with Crippen LogP contribution in [0.25, 0.3) is 0 Å².